The van der Waals surface area contributed by atoms with Crippen LogP contribution in [0.2, 0.25) is 0 Å². The van der Waals surface area contributed by atoms with Crippen molar-refractivity contribution in [2.75, 3.05) is 0 Å². The number of furan rings is 1. The molecule has 2 aliphatic carbocycles. The molecule has 4 nitrogen and oxygen atoms in total. The van der Waals surface area contributed by atoms with E-state index in [0.29, 0.717) is 5.82 Å². The predicted molar refractivity (Wildman–Crippen MR) is 194 cm³/mol. The Labute approximate surface area is 278 Å². The summed E-state index contributed by atoms with van der Waals surface area (Å²) in [5, 5.41) is 3.48. The molecule has 3 aromatic heterocycles. The fourth-order valence-electron chi connectivity index (χ4n) is 7.62. The van der Waals surface area contributed by atoms with E-state index in [1.54, 1.807) is 0 Å². The van der Waals surface area contributed by atoms with Gasteiger partial charge in [0, 0.05) is 46.2 Å². The summed E-state index contributed by atoms with van der Waals surface area (Å²) >= 11 is 0. The number of nitrogens with zero attached hydrogens (tertiary/aromatic N) is 3. The van der Waals surface area contributed by atoms with Crippen molar-refractivity contribution in [3.63, 3.8) is 0 Å². The second-order valence-corrected chi connectivity index (χ2v) is 12.7. The molecule has 0 amide bonds. The van der Waals surface area contributed by atoms with Gasteiger partial charge in [-0.05, 0) is 87.7 Å². The van der Waals surface area contributed by atoms with Gasteiger partial charge in [0.05, 0.1) is 11.3 Å². The lowest BCUT2D eigenvalue weighted by Gasteiger charge is -2.11. The Morgan fingerprint density at radius 1 is 0.542 bits per heavy atom. The molecular weight excluding hydrogens is 587 g/mol. The van der Waals surface area contributed by atoms with E-state index in [-0.39, 0.29) is 0 Å². The van der Waals surface area contributed by atoms with Crippen LogP contribution in [0.3, 0.4) is 0 Å². The van der Waals surface area contributed by atoms with E-state index in [9.17, 15) is 0 Å². The first-order chi connectivity index (χ1) is 23.8. The number of hydrogen-bond acceptors (Lipinski definition) is 4. The second-order valence-electron chi connectivity index (χ2n) is 12.7. The molecule has 10 rings (SSSR count). The molecule has 4 heteroatoms. The van der Waals surface area contributed by atoms with Gasteiger partial charge in [-0.1, -0.05) is 97.1 Å². The van der Waals surface area contributed by atoms with Crippen molar-refractivity contribution >= 4 is 27.8 Å². The molecule has 5 aromatic carbocycles. The summed E-state index contributed by atoms with van der Waals surface area (Å²) in [5.74, 6) is 1.62. The van der Waals surface area contributed by atoms with E-state index in [0.717, 1.165) is 80.3 Å². The molecule has 0 fully saturated rings. The number of rotatable bonds is 4. The van der Waals surface area contributed by atoms with Crippen molar-refractivity contribution in [1.29, 1.82) is 0 Å². The molecule has 0 N–H and O–H groups in total. The van der Waals surface area contributed by atoms with Crippen LogP contribution in [-0.4, -0.2) is 15.0 Å². The number of pyridine rings is 1. The molecule has 0 bridgehead atoms. The first-order valence-corrected chi connectivity index (χ1v) is 16.5. The summed E-state index contributed by atoms with van der Waals surface area (Å²) < 4.78 is 6.28. The summed E-state index contributed by atoms with van der Waals surface area (Å²) in [4.78, 5) is 14.6. The molecule has 0 spiro atoms. The van der Waals surface area contributed by atoms with Crippen LogP contribution >= 0.6 is 0 Å². The summed E-state index contributed by atoms with van der Waals surface area (Å²) in [5.41, 5.74) is 15.0. The van der Waals surface area contributed by atoms with Gasteiger partial charge in [-0.25, -0.2) is 9.97 Å². The zero-order valence-corrected chi connectivity index (χ0v) is 26.2. The number of fused-ring (bicyclic) bond motifs is 7. The number of aromatic nitrogens is 3. The minimum atomic E-state index is 0.669. The topological polar surface area (TPSA) is 51.8 Å². The Hall–Kier alpha value is -6.13. The maximum absolute atomic E-state index is 6.28. The van der Waals surface area contributed by atoms with E-state index < -0.39 is 0 Å². The number of aryl methyl sites for hydroxylation is 1. The van der Waals surface area contributed by atoms with Gasteiger partial charge < -0.3 is 4.42 Å². The highest BCUT2D eigenvalue weighted by atomic mass is 16.3. The first-order valence-electron chi connectivity index (χ1n) is 16.5. The number of para-hydroxylation sites is 1. The summed E-state index contributed by atoms with van der Waals surface area (Å²) in [7, 11) is 0. The van der Waals surface area contributed by atoms with Crippen LogP contribution in [0.4, 0.5) is 0 Å². The van der Waals surface area contributed by atoms with Gasteiger partial charge in [0.25, 0.3) is 0 Å². The van der Waals surface area contributed by atoms with E-state index in [2.05, 4.69) is 115 Å². The van der Waals surface area contributed by atoms with Gasteiger partial charge >= 0.3 is 0 Å². The van der Waals surface area contributed by atoms with Crippen LogP contribution in [0.1, 0.15) is 28.9 Å². The molecule has 0 unspecified atom stereocenters. The maximum atomic E-state index is 6.28. The third kappa shape index (κ3) is 4.26. The normalized spacial score (nSPS) is 13.1. The molecule has 2 aliphatic rings. The van der Waals surface area contributed by atoms with Crippen molar-refractivity contribution in [3.8, 4) is 56.0 Å². The Morgan fingerprint density at radius 2 is 1.31 bits per heavy atom. The third-order valence-electron chi connectivity index (χ3n) is 9.99. The summed E-state index contributed by atoms with van der Waals surface area (Å²) in [6, 6.07) is 38.9. The van der Waals surface area contributed by atoms with Crippen LogP contribution < -0.4 is 0 Å². The lowest BCUT2D eigenvalue weighted by Crippen LogP contribution is -1.92. The standard InChI is InChI=1S/C44H29N3O/c1-2-10-32-29(8-1)23-40-35(32)13-6-14-36(40)41-21-19-30(24-45-41)27-18-20-34-28(22-27)9-5-12-33(34)31-25-46-44(47-26-31)39-16-7-15-38-37-11-3-4-17-42(37)48-43(38)39/h1-2,4-10,12-22,24-26H,3,11,23H2. The minimum Gasteiger partial charge on any atom is -0.456 e. The lowest BCUT2D eigenvalue weighted by molar-refractivity contribution is 0.596. The third-order valence-corrected chi connectivity index (χ3v) is 9.99. The molecular formula is C44H29N3O. The van der Waals surface area contributed by atoms with Crippen LogP contribution in [0, 0.1) is 0 Å². The van der Waals surface area contributed by atoms with Gasteiger partial charge in [-0.3, -0.25) is 4.98 Å². The van der Waals surface area contributed by atoms with Crippen molar-refractivity contribution in [1.82, 2.24) is 15.0 Å². The van der Waals surface area contributed by atoms with Crippen molar-refractivity contribution in [2.45, 2.75) is 19.3 Å². The van der Waals surface area contributed by atoms with Crippen molar-refractivity contribution in [2.24, 2.45) is 0 Å². The maximum Gasteiger partial charge on any atom is 0.162 e. The Morgan fingerprint density at radius 3 is 2.23 bits per heavy atom. The summed E-state index contributed by atoms with van der Waals surface area (Å²) in [6.07, 6.45) is 13.1. The minimum absolute atomic E-state index is 0.669. The predicted octanol–water partition coefficient (Wildman–Crippen LogP) is 11.0. The number of allylic oxidation sites excluding steroid dienone is 1. The fourth-order valence-corrected chi connectivity index (χ4v) is 7.62. The van der Waals surface area contributed by atoms with E-state index in [4.69, 9.17) is 19.4 Å². The zero-order chi connectivity index (χ0) is 31.6. The van der Waals surface area contributed by atoms with E-state index in [1.165, 1.54) is 33.4 Å². The number of benzene rings is 5. The molecule has 0 saturated heterocycles. The fraction of sp³-hybridized carbons (Fsp3) is 0.0682. The largest absolute Gasteiger partial charge is 0.456 e. The second kappa shape index (κ2) is 10.7. The highest BCUT2D eigenvalue weighted by molar-refractivity contribution is 5.99. The van der Waals surface area contributed by atoms with Crippen LogP contribution in [0.5, 0.6) is 0 Å². The molecule has 0 aliphatic heterocycles. The van der Waals surface area contributed by atoms with Gasteiger partial charge in [0.1, 0.15) is 11.3 Å². The van der Waals surface area contributed by atoms with Gasteiger partial charge in [0.15, 0.2) is 5.82 Å². The van der Waals surface area contributed by atoms with Gasteiger partial charge in [-0.2, -0.15) is 0 Å². The molecule has 48 heavy (non-hydrogen) atoms. The Kier molecular flexibility index (Phi) is 6.03. The first kappa shape index (κ1) is 27.0. The monoisotopic (exact) mass is 615 g/mol. The Balaban J connectivity index is 0.951. The zero-order valence-electron chi connectivity index (χ0n) is 26.2. The highest BCUT2D eigenvalue weighted by Crippen LogP contribution is 2.42. The van der Waals surface area contributed by atoms with Gasteiger partial charge in [0.2, 0.25) is 0 Å². The summed E-state index contributed by atoms with van der Waals surface area (Å²) in [6.45, 7) is 0. The van der Waals surface area contributed by atoms with Crippen molar-refractivity contribution in [3.05, 3.63) is 156 Å². The molecule has 0 radical (unpaired) electrons. The molecule has 0 atom stereocenters. The molecule has 226 valence electrons. The lowest BCUT2D eigenvalue weighted by atomic mass is 9.96. The van der Waals surface area contributed by atoms with Crippen LogP contribution in [0.25, 0.3) is 83.8 Å². The van der Waals surface area contributed by atoms with E-state index in [1.807, 2.05) is 24.7 Å². The SMILES string of the molecule is C1=Cc2oc3c(-c4ncc(-c5cccc6cc(-c7ccc(-c8cccc9c8Cc8ccccc8-9)nc7)ccc56)cn4)cccc3c2CC1. The van der Waals surface area contributed by atoms with Crippen LogP contribution in [0.15, 0.2) is 138 Å². The Bertz CT molecular complexity index is 2580. The molecule has 8 aromatic rings. The smallest absolute Gasteiger partial charge is 0.162 e. The average Bonchev–Trinajstić information content (AvgIpc) is 3.73. The highest BCUT2D eigenvalue weighted by Gasteiger charge is 2.22. The van der Waals surface area contributed by atoms with Crippen LogP contribution in [-0.2, 0) is 12.8 Å². The molecule has 3 heterocycles. The van der Waals surface area contributed by atoms with Gasteiger partial charge in [-0.15, -0.1) is 0 Å². The molecule has 0 saturated carbocycles. The number of hydrogen-bond donors (Lipinski definition) is 0. The van der Waals surface area contributed by atoms with Crippen molar-refractivity contribution < 1.29 is 4.42 Å². The average molecular weight is 616 g/mol. The quantitative estimate of drug-likeness (QED) is 0.198. The van der Waals surface area contributed by atoms with E-state index >= 15 is 0 Å².